The largest absolute Gasteiger partial charge is 0.495 e. The van der Waals surface area contributed by atoms with E-state index in [0.29, 0.717) is 11.4 Å². The molecule has 0 aliphatic rings. The summed E-state index contributed by atoms with van der Waals surface area (Å²) in [6.07, 6.45) is -4.68. The fourth-order valence-electron chi connectivity index (χ4n) is 3.34. The molecule has 0 radical (unpaired) electrons. The van der Waals surface area contributed by atoms with E-state index in [9.17, 15) is 31.5 Å². The number of sulfone groups is 1. The first-order valence-corrected chi connectivity index (χ1v) is 10.8. The van der Waals surface area contributed by atoms with Gasteiger partial charge in [0.05, 0.1) is 35.4 Å². The summed E-state index contributed by atoms with van der Waals surface area (Å²) in [5.41, 5.74) is -0.101. The number of benzene rings is 2. The number of rotatable bonds is 6. The van der Waals surface area contributed by atoms with Gasteiger partial charge in [0.25, 0.3) is 0 Å². The predicted molar refractivity (Wildman–Crippen MR) is 109 cm³/mol. The maximum atomic E-state index is 13.3. The van der Waals surface area contributed by atoms with Gasteiger partial charge in [0, 0.05) is 12.6 Å². The molecule has 0 aliphatic carbocycles. The summed E-state index contributed by atoms with van der Waals surface area (Å²) in [5, 5.41) is 13.4. The first-order valence-electron chi connectivity index (χ1n) is 9.18. The number of aryl methyl sites for hydroxylation is 2. The Balaban J connectivity index is 2.20. The lowest BCUT2D eigenvalue weighted by Crippen LogP contribution is -2.12. The number of carboxylic acids is 1. The lowest BCUT2D eigenvalue weighted by Gasteiger charge is -2.16. The maximum Gasteiger partial charge on any atom is 0.416 e. The second kappa shape index (κ2) is 8.30. The molecule has 0 amide bonds. The number of aromatic carboxylic acids is 1. The lowest BCUT2D eigenvalue weighted by molar-refractivity contribution is -0.137. The maximum absolute atomic E-state index is 13.3. The molecule has 0 atom stereocenters. The molecule has 32 heavy (non-hydrogen) atoms. The standard InChI is InChI=1S/C21H19F3N2O5S/c1-12-8-17(26(2)25-12)16-6-5-15(21(22,23)24)9-14(16)11-32(29,30)19-10-13(20(27)28)4-7-18(19)31-3/h4-10H,11H2,1-3H3,(H,27,28). The minimum atomic E-state index is -4.68. The van der Waals surface area contributed by atoms with Gasteiger partial charge in [-0.15, -0.1) is 0 Å². The minimum absolute atomic E-state index is 0.106. The zero-order valence-corrected chi connectivity index (χ0v) is 18.1. The van der Waals surface area contributed by atoms with Crippen LogP contribution in [0.15, 0.2) is 47.4 Å². The Labute approximate surface area is 182 Å². The molecule has 1 aromatic heterocycles. The number of aromatic nitrogens is 2. The molecule has 11 heteroatoms. The van der Waals surface area contributed by atoms with Gasteiger partial charge in [-0.25, -0.2) is 13.2 Å². The number of carboxylic acid groups (broad SMARTS) is 1. The van der Waals surface area contributed by atoms with Crippen molar-refractivity contribution in [3.05, 3.63) is 64.8 Å². The summed E-state index contributed by atoms with van der Waals surface area (Å²) in [4.78, 5) is 10.9. The van der Waals surface area contributed by atoms with E-state index in [1.165, 1.54) is 30.0 Å². The third kappa shape index (κ3) is 4.62. The second-order valence-electron chi connectivity index (χ2n) is 7.09. The number of hydrogen-bond donors (Lipinski definition) is 1. The summed E-state index contributed by atoms with van der Waals surface area (Å²) in [7, 11) is -1.49. The van der Waals surface area contributed by atoms with Crippen molar-refractivity contribution in [2.24, 2.45) is 7.05 Å². The molecule has 3 rings (SSSR count). The van der Waals surface area contributed by atoms with Crippen molar-refractivity contribution in [2.45, 2.75) is 23.7 Å². The smallest absolute Gasteiger partial charge is 0.416 e. The molecule has 0 saturated heterocycles. The van der Waals surface area contributed by atoms with E-state index < -0.39 is 38.2 Å². The van der Waals surface area contributed by atoms with Crippen LogP contribution in [-0.2, 0) is 28.8 Å². The van der Waals surface area contributed by atoms with E-state index in [4.69, 9.17) is 4.74 Å². The molecule has 2 aromatic carbocycles. The van der Waals surface area contributed by atoms with Gasteiger partial charge >= 0.3 is 12.1 Å². The summed E-state index contributed by atoms with van der Waals surface area (Å²) in [6.45, 7) is 1.70. The number of methoxy groups -OCH3 is 1. The van der Waals surface area contributed by atoms with Crippen molar-refractivity contribution in [1.29, 1.82) is 0 Å². The van der Waals surface area contributed by atoms with E-state index in [1.807, 2.05) is 0 Å². The topological polar surface area (TPSA) is 98.5 Å². The third-order valence-corrected chi connectivity index (χ3v) is 6.48. The van der Waals surface area contributed by atoms with E-state index in [-0.39, 0.29) is 22.4 Å². The zero-order chi connectivity index (χ0) is 23.8. The molecule has 1 N–H and O–H groups in total. The normalized spacial score (nSPS) is 12.1. The molecule has 0 aliphatic heterocycles. The molecule has 3 aromatic rings. The van der Waals surface area contributed by atoms with E-state index in [2.05, 4.69) is 5.10 Å². The Morgan fingerprint density at radius 1 is 1.16 bits per heavy atom. The second-order valence-corrected chi connectivity index (χ2v) is 9.05. The predicted octanol–water partition coefficient (Wildman–Crippen LogP) is 4.10. The van der Waals surface area contributed by atoms with Crippen LogP contribution in [0.4, 0.5) is 13.2 Å². The van der Waals surface area contributed by atoms with Gasteiger partial charge in [0.2, 0.25) is 0 Å². The zero-order valence-electron chi connectivity index (χ0n) is 17.3. The van der Waals surface area contributed by atoms with E-state index in [0.717, 1.165) is 18.2 Å². The van der Waals surface area contributed by atoms with Gasteiger partial charge in [-0.3, -0.25) is 4.68 Å². The van der Waals surface area contributed by atoms with Crippen molar-refractivity contribution in [2.75, 3.05) is 7.11 Å². The van der Waals surface area contributed by atoms with Gasteiger partial charge in [-0.1, -0.05) is 6.07 Å². The minimum Gasteiger partial charge on any atom is -0.495 e. The van der Waals surface area contributed by atoms with Gasteiger partial charge in [-0.2, -0.15) is 18.3 Å². The third-order valence-electron chi connectivity index (χ3n) is 4.80. The van der Waals surface area contributed by atoms with Crippen LogP contribution in [0, 0.1) is 6.92 Å². The molecule has 0 spiro atoms. The van der Waals surface area contributed by atoms with E-state index in [1.54, 1.807) is 20.0 Å². The number of hydrogen-bond acceptors (Lipinski definition) is 5. The van der Waals surface area contributed by atoms with Crippen LogP contribution in [0.3, 0.4) is 0 Å². The van der Waals surface area contributed by atoms with Crippen LogP contribution in [0.2, 0.25) is 0 Å². The number of halogens is 3. The molecule has 0 fully saturated rings. The highest BCUT2D eigenvalue weighted by Gasteiger charge is 2.32. The molecule has 0 bridgehead atoms. The van der Waals surface area contributed by atoms with Crippen LogP contribution in [0.25, 0.3) is 11.3 Å². The van der Waals surface area contributed by atoms with Crippen LogP contribution in [-0.4, -0.2) is 36.4 Å². The molecule has 7 nitrogen and oxygen atoms in total. The van der Waals surface area contributed by atoms with Crippen LogP contribution >= 0.6 is 0 Å². The highest BCUT2D eigenvalue weighted by molar-refractivity contribution is 7.90. The van der Waals surface area contributed by atoms with E-state index >= 15 is 0 Å². The molecular weight excluding hydrogens is 449 g/mol. The monoisotopic (exact) mass is 468 g/mol. The van der Waals surface area contributed by atoms with Crippen molar-refractivity contribution >= 4 is 15.8 Å². The van der Waals surface area contributed by atoms with Crippen LogP contribution in [0.5, 0.6) is 5.75 Å². The quantitative estimate of drug-likeness (QED) is 0.585. The Morgan fingerprint density at radius 2 is 1.84 bits per heavy atom. The summed E-state index contributed by atoms with van der Waals surface area (Å²) >= 11 is 0. The Morgan fingerprint density at radius 3 is 2.38 bits per heavy atom. The van der Waals surface area contributed by atoms with Gasteiger partial charge in [-0.05, 0) is 48.9 Å². The summed E-state index contributed by atoms with van der Waals surface area (Å²) in [5.74, 6) is -2.27. The fourth-order valence-corrected chi connectivity index (χ4v) is 4.91. The number of alkyl halides is 3. The van der Waals surface area contributed by atoms with Crippen LogP contribution in [0.1, 0.15) is 27.2 Å². The Kier molecular flexibility index (Phi) is 6.05. The van der Waals surface area contributed by atoms with Crippen molar-refractivity contribution in [3.8, 4) is 17.0 Å². The SMILES string of the molecule is COc1ccc(C(=O)O)cc1S(=O)(=O)Cc1cc(C(F)(F)F)ccc1-c1cc(C)nn1C. The van der Waals surface area contributed by atoms with Crippen molar-refractivity contribution in [1.82, 2.24) is 9.78 Å². The fraction of sp³-hybridized carbons (Fsp3) is 0.238. The first kappa shape index (κ1) is 23.3. The first-order chi connectivity index (χ1) is 14.8. The van der Waals surface area contributed by atoms with Crippen LogP contribution < -0.4 is 4.74 Å². The Bertz CT molecular complexity index is 1300. The van der Waals surface area contributed by atoms with Gasteiger partial charge < -0.3 is 9.84 Å². The molecule has 170 valence electrons. The highest BCUT2D eigenvalue weighted by Crippen LogP contribution is 2.36. The molecule has 1 heterocycles. The highest BCUT2D eigenvalue weighted by atomic mass is 32.2. The van der Waals surface area contributed by atoms with Crippen molar-refractivity contribution in [3.63, 3.8) is 0 Å². The summed E-state index contributed by atoms with van der Waals surface area (Å²) in [6, 6.07) is 7.78. The molecule has 0 unspecified atom stereocenters. The van der Waals surface area contributed by atoms with Crippen molar-refractivity contribution < 1.29 is 36.2 Å². The van der Waals surface area contributed by atoms with Gasteiger partial charge in [0.1, 0.15) is 10.6 Å². The average molecular weight is 468 g/mol. The molecule has 0 saturated carbocycles. The van der Waals surface area contributed by atoms with Gasteiger partial charge in [0.15, 0.2) is 9.84 Å². The average Bonchev–Trinajstić information content (AvgIpc) is 3.04. The lowest BCUT2D eigenvalue weighted by atomic mass is 10.0. The summed E-state index contributed by atoms with van der Waals surface area (Å²) < 4.78 is 73.0. The Hall–Kier alpha value is -3.34. The number of ether oxygens (including phenoxy) is 1. The number of carbonyl (C=O) groups is 1. The molecular formula is C21H19F3N2O5S. The number of nitrogens with zero attached hydrogens (tertiary/aromatic N) is 2.